The highest BCUT2D eigenvalue weighted by Crippen LogP contribution is 2.39. The quantitative estimate of drug-likeness (QED) is 0.769. The van der Waals surface area contributed by atoms with E-state index in [9.17, 15) is 4.79 Å². The Morgan fingerprint density at radius 1 is 0.846 bits per heavy atom. The van der Waals surface area contributed by atoms with Gasteiger partial charge in [-0.2, -0.15) is 0 Å². The summed E-state index contributed by atoms with van der Waals surface area (Å²) in [6.45, 7) is 8.12. The van der Waals surface area contributed by atoms with Crippen LogP contribution in [0.5, 0.6) is 0 Å². The van der Waals surface area contributed by atoms with E-state index in [-0.39, 0.29) is 11.6 Å². The predicted molar refractivity (Wildman–Crippen MR) is 103 cm³/mol. The van der Waals surface area contributed by atoms with Gasteiger partial charge in [0, 0.05) is 26.2 Å². The number of ether oxygens (including phenoxy) is 1. The van der Waals surface area contributed by atoms with E-state index in [4.69, 9.17) is 4.74 Å². The van der Waals surface area contributed by atoms with Crippen molar-refractivity contribution in [1.29, 1.82) is 0 Å². The van der Waals surface area contributed by atoms with E-state index in [1.54, 1.807) is 0 Å². The Hall–Kier alpha value is -0.650. The molecule has 4 aliphatic rings. The molecule has 5 nitrogen and oxygen atoms in total. The predicted octanol–water partition coefficient (Wildman–Crippen LogP) is 2.50. The molecule has 1 saturated carbocycles. The molecule has 3 heterocycles. The van der Waals surface area contributed by atoms with Crippen molar-refractivity contribution in [2.24, 2.45) is 0 Å². The highest BCUT2D eigenvalue weighted by molar-refractivity contribution is 5.87. The molecule has 0 N–H and O–H groups in total. The molecule has 3 saturated heterocycles. The van der Waals surface area contributed by atoms with Crippen LogP contribution < -0.4 is 0 Å². The number of likely N-dealkylation sites (tertiary alicyclic amines) is 2. The number of nitrogens with zero attached hydrogens (tertiary/aromatic N) is 3. The van der Waals surface area contributed by atoms with Crippen molar-refractivity contribution >= 4 is 5.91 Å². The largest absolute Gasteiger partial charge is 0.375 e. The molecule has 1 unspecified atom stereocenters. The maximum atomic E-state index is 13.7. The van der Waals surface area contributed by atoms with Gasteiger partial charge in [0.2, 0.25) is 5.91 Å². The highest BCUT2D eigenvalue weighted by Gasteiger charge is 2.49. The van der Waals surface area contributed by atoms with Crippen LogP contribution in [0.4, 0.5) is 0 Å². The second-order valence-corrected chi connectivity index (χ2v) is 8.89. The van der Waals surface area contributed by atoms with Crippen LogP contribution in [0.3, 0.4) is 0 Å². The lowest BCUT2D eigenvalue weighted by atomic mass is 9.93. The van der Waals surface area contributed by atoms with Crippen LogP contribution in [-0.2, 0) is 9.53 Å². The smallest absolute Gasteiger partial charge is 0.243 e. The lowest BCUT2D eigenvalue weighted by molar-refractivity contribution is -0.145. The summed E-state index contributed by atoms with van der Waals surface area (Å²) in [6.07, 6.45) is 12.2. The minimum absolute atomic E-state index is 0.184. The lowest BCUT2D eigenvalue weighted by Gasteiger charge is -2.41. The molecule has 148 valence electrons. The summed E-state index contributed by atoms with van der Waals surface area (Å²) in [6, 6.07) is 0. The molecule has 1 aliphatic carbocycles. The molecule has 0 aromatic carbocycles. The molecule has 0 aromatic heterocycles. The standard InChI is InChI=1S/C21H37N3O2/c25-20(21(9-2-3-10-21)24-14-6-7-15-24)23-13-8-16-26-19(18-23)17-22-11-4-1-5-12-22/h19H,1-18H2. The maximum Gasteiger partial charge on any atom is 0.243 e. The number of carbonyl (C=O) groups excluding carboxylic acids is 1. The Morgan fingerprint density at radius 2 is 1.54 bits per heavy atom. The van der Waals surface area contributed by atoms with Crippen molar-refractivity contribution in [2.45, 2.75) is 75.9 Å². The second kappa shape index (κ2) is 8.57. The first kappa shape index (κ1) is 18.7. The van der Waals surface area contributed by atoms with Crippen LogP contribution in [0.2, 0.25) is 0 Å². The normalized spacial score (nSPS) is 31.2. The first-order chi connectivity index (χ1) is 12.8. The van der Waals surface area contributed by atoms with Crippen LogP contribution in [0, 0.1) is 0 Å². The zero-order chi connectivity index (χ0) is 17.8. The molecular weight excluding hydrogens is 326 g/mol. The van der Waals surface area contributed by atoms with Crippen molar-refractivity contribution in [1.82, 2.24) is 14.7 Å². The summed E-state index contributed by atoms with van der Waals surface area (Å²) in [5.41, 5.74) is -0.184. The Morgan fingerprint density at radius 3 is 2.27 bits per heavy atom. The van der Waals surface area contributed by atoms with E-state index < -0.39 is 0 Å². The van der Waals surface area contributed by atoms with Crippen molar-refractivity contribution in [2.75, 3.05) is 52.4 Å². The third-order valence-corrected chi connectivity index (χ3v) is 7.09. The third kappa shape index (κ3) is 3.95. The van der Waals surface area contributed by atoms with E-state index in [0.717, 1.165) is 58.6 Å². The van der Waals surface area contributed by atoms with Crippen molar-refractivity contribution in [3.8, 4) is 0 Å². The average Bonchev–Trinajstić information content (AvgIpc) is 3.32. The molecule has 3 aliphatic heterocycles. The summed E-state index contributed by atoms with van der Waals surface area (Å²) >= 11 is 0. The van der Waals surface area contributed by atoms with Gasteiger partial charge >= 0.3 is 0 Å². The first-order valence-electron chi connectivity index (χ1n) is 11.2. The molecule has 5 heteroatoms. The summed E-state index contributed by atoms with van der Waals surface area (Å²) in [7, 11) is 0. The molecule has 0 spiro atoms. The number of hydrogen-bond acceptors (Lipinski definition) is 4. The van der Waals surface area contributed by atoms with Gasteiger partial charge in [-0.15, -0.1) is 0 Å². The van der Waals surface area contributed by atoms with Crippen LogP contribution in [-0.4, -0.2) is 84.7 Å². The van der Waals surface area contributed by atoms with Crippen molar-refractivity contribution in [3.05, 3.63) is 0 Å². The SMILES string of the molecule is O=C(N1CCCOC(CN2CCCCC2)C1)C1(N2CCCC2)CCCC1. The molecular formula is C21H37N3O2. The fourth-order valence-corrected chi connectivity index (χ4v) is 5.68. The fraction of sp³-hybridized carbons (Fsp3) is 0.952. The summed E-state index contributed by atoms with van der Waals surface area (Å²) in [4.78, 5) is 21.0. The second-order valence-electron chi connectivity index (χ2n) is 8.89. The van der Waals surface area contributed by atoms with Crippen LogP contribution in [0.1, 0.15) is 64.2 Å². The van der Waals surface area contributed by atoms with Crippen molar-refractivity contribution in [3.63, 3.8) is 0 Å². The van der Waals surface area contributed by atoms with Gasteiger partial charge in [-0.1, -0.05) is 19.3 Å². The van der Waals surface area contributed by atoms with Gasteiger partial charge in [0.05, 0.1) is 6.10 Å². The number of hydrogen-bond donors (Lipinski definition) is 0. The molecule has 4 rings (SSSR count). The average molecular weight is 364 g/mol. The summed E-state index contributed by atoms with van der Waals surface area (Å²) in [5, 5.41) is 0. The first-order valence-corrected chi connectivity index (χ1v) is 11.2. The Kier molecular flexibility index (Phi) is 6.17. The monoisotopic (exact) mass is 363 g/mol. The Balaban J connectivity index is 1.43. The molecule has 0 radical (unpaired) electrons. The van der Waals surface area contributed by atoms with Gasteiger partial charge < -0.3 is 14.5 Å². The van der Waals surface area contributed by atoms with Gasteiger partial charge in [-0.05, 0) is 71.1 Å². The van der Waals surface area contributed by atoms with E-state index in [1.807, 2.05) is 0 Å². The summed E-state index contributed by atoms with van der Waals surface area (Å²) in [5.74, 6) is 0.422. The molecule has 26 heavy (non-hydrogen) atoms. The van der Waals surface area contributed by atoms with Crippen LogP contribution >= 0.6 is 0 Å². The van der Waals surface area contributed by atoms with Gasteiger partial charge in [0.25, 0.3) is 0 Å². The molecule has 4 fully saturated rings. The summed E-state index contributed by atoms with van der Waals surface area (Å²) < 4.78 is 6.16. The number of carbonyl (C=O) groups is 1. The van der Waals surface area contributed by atoms with E-state index in [1.165, 1.54) is 58.0 Å². The minimum Gasteiger partial charge on any atom is -0.375 e. The maximum absolute atomic E-state index is 13.7. The third-order valence-electron chi connectivity index (χ3n) is 7.09. The Bertz CT molecular complexity index is 466. The molecule has 1 atom stereocenters. The van der Waals surface area contributed by atoms with Gasteiger partial charge in [0.1, 0.15) is 5.54 Å². The minimum atomic E-state index is -0.184. The van der Waals surface area contributed by atoms with E-state index in [2.05, 4.69) is 14.7 Å². The van der Waals surface area contributed by atoms with Gasteiger partial charge in [-0.25, -0.2) is 0 Å². The highest BCUT2D eigenvalue weighted by atomic mass is 16.5. The Labute approximate surface area is 159 Å². The fourth-order valence-electron chi connectivity index (χ4n) is 5.68. The van der Waals surface area contributed by atoms with Gasteiger partial charge in [0.15, 0.2) is 0 Å². The van der Waals surface area contributed by atoms with Crippen LogP contribution in [0.15, 0.2) is 0 Å². The van der Waals surface area contributed by atoms with E-state index >= 15 is 0 Å². The number of amides is 1. The van der Waals surface area contributed by atoms with E-state index in [0.29, 0.717) is 5.91 Å². The molecule has 0 bridgehead atoms. The van der Waals surface area contributed by atoms with Crippen molar-refractivity contribution < 1.29 is 9.53 Å². The number of piperidine rings is 1. The zero-order valence-corrected chi connectivity index (χ0v) is 16.5. The van der Waals surface area contributed by atoms with Crippen LogP contribution in [0.25, 0.3) is 0 Å². The number of rotatable bonds is 4. The van der Waals surface area contributed by atoms with Gasteiger partial charge in [-0.3, -0.25) is 9.69 Å². The topological polar surface area (TPSA) is 36.0 Å². The molecule has 0 aromatic rings. The molecule has 1 amide bonds. The zero-order valence-electron chi connectivity index (χ0n) is 16.5. The lowest BCUT2D eigenvalue weighted by Crippen LogP contribution is -2.58.